The van der Waals surface area contributed by atoms with E-state index in [0.29, 0.717) is 6.42 Å². The molecule has 0 saturated carbocycles. The average molecular weight is 460 g/mol. The van der Waals surface area contributed by atoms with Gasteiger partial charge >= 0.3 is 11.9 Å². The Balaban J connectivity index is 4.07. The van der Waals surface area contributed by atoms with E-state index in [9.17, 15) is 14.4 Å². The smallest absolute Gasteiger partial charge is 0.302 e. The Morgan fingerprint density at radius 3 is 1.61 bits per heavy atom. The molecule has 182 valence electrons. The summed E-state index contributed by atoms with van der Waals surface area (Å²) in [7, 11) is 0. The molecule has 1 N–H and O–H groups in total. The summed E-state index contributed by atoms with van der Waals surface area (Å²) in [6.45, 7) is 6.32. The topological polar surface area (TPSA) is 81.7 Å². The van der Waals surface area contributed by atoms with E-state index in [1.165, 1.54) is 85.0 Å². The van der Waals surface area contributed by atoms with Gasteiger partial charge in [0.2, 0.25) is 5.91 Å². The Morgan fingerprint density at radius 2 is 1.16 bits per heavy atom. The molecule has 0 heterocycles. The number of hydrogen-bond acceptors (Lipinski definition) is 6. The van der Waals surface area contributed by atoms with Gasteiger partial charge in [0, 0.05) is 20.8 Å². The highest BCUT2D eigenvalue weighted by Gasteiger charge is 2.33. The van der Waals surface area contributed by atoms with Gasteiger partial charge < -0.3 is 14.8 Å². The van der Waals surface area contributed by atoms with Crippen molar-refractivity contribution >= 4 is 29.6 Å². The molecular formula is C24H45NO5S. The van der Waals surface area contributed by atoms with Crippen molar-refractivity contribution in [3.8, 4) is 0 Å². The number of esters is 2. The van der Waals surface area contributed by atoms with Crippen molar-refractivity contribution in [2.24, 2.45) is 0 Å². The lowest BCUT2D eigenvalue weighted by atomic mass is 9.95. The molecule has 0 aromatic carbocycles. The molecule has 6 nitrogen and oxygen atoms in total. The third-order valence-electron chi connectivity index (χ3n) is 5.13. The standard InChI is InChI=1S/C24H45NO5S/c1-5-6-7-8-9-10-11-12-13-14-17-31-18-15-16-24(25-21(2)26,19-29-22(3)27)20-30-23(4)28/h5-20H2,1-4H3,(H,25,26). The molecule has 31 heavy (non-hydrogen) atoms. The van der Waals surface area contributed by atoms with E-state index in [0.717, 1.165) is 17.9 Å². The quantitative estimate of drug-likeness (QED) is 0.193. The Labute approximate surface area is 194 Å². The van der Waals surface area contributed by atoms with E-state index in [1.54, 1.807) is 0 Å². The number of carbonyl (C=O) groups is 3. The molecule has 7 heteroatoms. The van der Waals surface area contributed by atoms with Gasteiger partial charge in [-0.15, -0.1) is 0 Å². The van der Waals surface area contributed by atoms with Crippen molar-refractivity contribution in [1.29, 1.82) is 0 Å². The van der Waals surface area contributed by atoms with Crippen LogP contribution >= 0.6 is 11.8 Å². The molecule has 0 aliphatic rings. The van der Waals surface area contributed by atoms with Gasteiger partial charge in [-0.25, -0.2) is 0 Å². The molecule has 0 atom stereocenters. The summed E-state index contributed by atoms with van der Waals surface area (Å²) in [6, 6.07) is 0. The zero-order chi connectivity index (χ0) is 23.4. The molecule has 0 radical (unpaired) electrons. The third-order valence-corrected chi connectivity index (χ3v) is 6.29. The van der Waals surface area contributed by atoms with Crippen molar-refractivity contribution in [2.75, 3.05) is 24.7 Å². The number of nitrogens with one attached hydrogen (secondary N) is 1. The van der Waals surface area contributed by atoms with Gasteiger partial charge in [0.25, 0.3) is 0 Å². The van der Waals surface area contributed by atoms with Crippen LogP contribution in [0.2, 0.25) is 0 Å². The van der Waals surface area contributed by atoms with E-state index in [2.05, 4.69) is 12.2 Å². The highest BCUT2D eigenvalue weighted by Crippen LogP contribution is 2.19. The number of hydrogen-bond donors (Lipinski definition) is 1. The molecule has 0 fully saturated rings. The van der Waals surface area contributed by atoms with E-state index in [1.807, 2.05) is 11.8 Å². The van der Waals surface area contributed by atoms with Crippen molar-refractivity contribution in [3.63, 3.8) is 0 Å². The van der Waals surface area contributed by atoms with Crippen LogP contribution in [-0.4, -0.2) is 48.1 Å². The number of thioether (sulfide) groups is 1. The first kappa shape index (κ1) is 29.8. The average Bonchev–Trinajstić information content (AvgIpc) is 2.70. The van der Waals surface area contributed by atoms with Crippen molar-refractivity contribution in [3.05, 3.63) is 0 Å². The highest BCUT2D eigenvalue weighted by atomic mass is 32.2. The van der Waals surface area contributed by atoms with E-state index in [4.69, 9.17) is 9.47 Å². The molecule has 0 unspecified atom stereocenters. The molecular weight excluding hydrogens is 414 g/mol. The predicted molar refractivity (Wildman–Crippen MR) is 128 cm³/mol. The fraction of sp³-hybridized carbons (Fsp3) is 0.875. The molecule has 0 aromatic rings. The minimum atomic E-state index is -0.874. The minimum Gasteiger partial charge on any atom is -0.463 e. The van der Waals surface area contributed by atoms with Crippen molar-refractivity contribution < 1.29 is 23.9 Å². The zero-order valence-electron chi connectivity index (χ0n) is 20.3. The zero-order valence-corrected chi connectivity index (χ0v) is 21.1. The maximum Gasteiger partial charge on any atom is 0.302 e. The minimum absolute atomic E-state index is 0.00168. The van der Waals surface area contributed by atoms with Gasteiger partial charge in [0.05, 0.1) is 0 Å². The Kier molecular flexibility index (Phi) is 18.7. The number of unbranched alkanes of at least 4 members (excludes halogenated alkanes) is 9. The maximum atomic E-state index is 11.7. The van der Waals surface area contributed by atoms with Crippen LogP contribution in [0.3, 0.4) is 0 Å². The summed E-state index contributed by atoms with van der Waals surface area (Å²) in [5.74, 6) is 1.01. The first-order valence-electron chi connectivity index (χ1n) is 11.9. The maximum absolute atomic E-state index is 11.7. The predicted octanol–water partition coefficient (Wildman–Crippen LogP) is 5.42. The normalized spacial score (nSPS) is 11.2. The van der Waals surface area contributed by atoms with Crippen LogP contribution in [0.25, 0.3) is 0 Å². The third kappa shape index (κ3) is 19.2. The van der Waals surface area contributed by atoms with E-state index >= 15 is 0 Å². The summed E-state index contributed by atoms with van der Waals surface area (Å²) < 4.78 is 10.3. The van der Waals surface area contributed by atoms with Gasteiger partial charge in [-0.2, -0.15) is 11.8 Å². The molecule has 0 rings (SSSR count). The second kappa shape index (κ2) is 19.4. The summed E-state index contributed by atoms with van der Waals surface area (Å²) >= 11 is 1.91. The number of ether oxygens (including phenoxy) is 2. The summed E-state index contributed by atoms with van der Waals surface area (Å²) in [4.78, 5) is 34.2. The molecule has 0 aromatic heterocycles. The van der Waals surface area contributed by atoms with Gasteiger partial charge in [-0.1, -0.05) is 64.7 Å². The van der Waals surface area contributed by atoms with Crippen molar-refractivity contribution in [1.82, 2.24) is 5.32 Å². The largest absolute Gasteiger partial charge is 0.463 e. The van der Waals surface area contributed by atoms with Crippen LogP contribution in [0.15, 0.2) is 0 Å². The van der Waals surface area contributed by atoms with Gasteiger partial charge in [0.15, 0.2) is 0 Å². The summed E-state index contributed by atoms with van der Waals surface area (Å²) in [6.07, 6.45) is 14.8. The number of rotatable bonds is 20. The highest BCUT2D eigenvalue weighted by molar-refractivity contribution is 7.99. The molecule has 1 amide bonds. The second-order valence-electron chi connectivity index (χ2n) is 8.42. The monoisotopic (exact) mass is 459 g/mol. The number of carbonyl (C=O) groups excluding carboxylic acids is 3. The fourth-order valence-electron chi connectivity index (χ4n) is 3.48. The van der Waals surface area contributed by atoms with Crippen LogP contribution in [0.1, 0.15) is 105 Å². The van der Waals surface area contributed by atoms with Gasteiger partial charge in [0.1, 0.15) is 18.8 Å². The van der Waals surface area contributed by atoms with E-state index < -0.39 is 17.5 Å². The fourth-order valence-corrected chi connectivity index (χ4v) is 4.44. The number of amides is 1. The Morgan fingerprint density at radius 1 is 0.710 bits per heavy atom. The molecule has 0 aliphatic carbocycles. The van der Waals surface area contributed by atoms with Crippen LogP contribution in [0.5, 0.6) is 0 Å². The molecule has 0 aliphatic heterocycles. The van der Waals surface area contributed by atoms with Crippen LogP contribution in [0.4, 0.5) is 0 Å². The molecule has 0 bridgehead atoms. The lowest BCUT2D eigenvalue weighted by molar-refractivity contribution is -0.150. The van der Waals surface area contributed by atoms with Crippen LogP contribution in [-0.2, 0) is 23.9 Å². The second-order valence-corrected chi connectivity index (χ2v) is 9.64. The summed E-state index contributed by atoms with van der Waals surface area (Å²) in [5.41, 5.74) is -0.874. The van der Waals surface area contributed by atoms with Crippen LogP contribution in [0, 0.1) is 0 Å². The van der Waals surface area contributed by atoms with Crippen LogP contribution < -0.4 is 5.32 Å². The van der Waals surface area contributed by atoms with Crippen molar-refractivity contribution in [2.45, 2.75) is 110 Å². The Hall–Kier alpha value is -1.24. The Bertz CT molecular complexity index is 480. The van der Waals surface area contributed by atoms with E-state index in [-0.39, 0.29) is 19.1 Å². The molecule has 0 spiro atoms. The lowest BCUT2D eigenvalue weighted by Gasteiger charge is -2.33. The summed E-state index contributed by atoms with van der Waals surface area (Å²) in [5, 5.41) is 2.85. The first-order valence-corrected chi connectivity index (χ1v) is 13.1. The SMILES string of the molecule is CCCCCCCCCCCCSCCCC(COC(C)=O)(COC(C)=O)NC(C)=O. The first-order chi connectivity index (χ1) is 14.8. The van der Waals surface area contributed by atoms with Gasteiger partial charge in [-0.3, -0.25) is 14.4 Å². The molecule has 0 saturated heterocycles. The van der Waals surface area contributed by atoms with Gasteiger partial charge in [-0.05, 0) is 30.8 Å². The lowest BCUT2D eigenvalue weighted by Crippen LogP contribution is -2.55.